The van der Waals surface area contributed by atoms with Crippen molar-refractivity contribution in [3.8, 4) is 0 Å². The largest absolute Gasteiger partial charge is 0.455 e. The number of carbonyl (C=O) groups excluding carboxylic acids is 2. The Labute approximate surface area is 148 Å². The molecule has 0 heterocycles. The molecule has 0 aliphatic carbocycles. The predicted octanol–water partition coefficient (Wildman–Crippen LogP) is 3.84. The van der Waals surface area contributed by atoms with Crippen molar-refractivity contribution in [3.05, 3.63) is 77.9 Å². The fourth-order valence-corrected chi connectivity index (χ4v) is 2.57. The summed E-state index contributed by atoms with van der Waals surface area (Å²) in [5.74, 6) is -3.27. The lowest BCUT2D eigenvalue weighted by molar-refractivity contribution is -0.146. The van der Waals surface area contributed by atoms with Gasteiger partial charge in [-0.25, -0.2) is 8.78 Å². The third-order valence-electron chi connectivity index (χ3n) is 3.78. The van der Waals surface area contributed by atoms with Crippen molar-refractivity contribution in [2.75, 3.05) is 11.9 Å². The lowest BCUT2D eigenvalue weighted by atomic mass is 10.0. The molecule has 6 heteroatoms. The molecule has 132 valence electrons. The average molecular weight is 355 g/mol. The Morgan fingerprint density at radius 1 is 0.923 bits per heavy atom. The van der Waals surface area contributed by atoms with Crippen molar-refractivity contribution < 1.29 is 23.1 Å². The average Bonchev–Trinajstić information content (AvgIpc) is 2.63. The van der Waals surface area contributed by atoms with E-state index in [0.717, 1.165) is 28.5 Å². The molecule has 0 aliphatic heterocycles. The molecule has 3 aromatic rings. The summed E-state index contributed by atoms with van der Waals surface area (Å²) in [6, 6.07) is 16.2. The van der Waals surface area contributed by atoms with E-state index in [2.05, 4.69) is 5.32 Å². The minimum atomic E-state index is -1.07. The number of halogens is 2. The summed E-state index contributed by atoms with van der Waals surface area (Å²) in [7, 11) is 0. The third-order valence-corrected chi connectivity index (χ3v) is 3.78. The van der Waals surface area contributed by atoms with E-state index in [1.807, 2.05) is 42.5 Å². The molecule has 0 unspecified atom stereocenters. The number of benzene rings is 3. The van der Waals surface area contributed by atoms with E-state index in [1.165, 1.54) is 6.07 Å². The van der Waals surface area contributed by atoms with Gasteiger partial charge in [0.15, 0.2) is 18.2 Å². The first-order valence-corrected chi connectivity index (χ1v) is 7.90. The summed E-state index contributed by atoms with van der Waals surface area (Å²) in [6.07, 6.45) is 0.0276. The fourth-order valence-electron chi connectivity index (χ4n) is 2.57. The van der Waals surface area contributed by atoms with Gasteiger partial charge in [-0.2, -0.15) is 0 Å². The molecule has 3 aromatic carbocycles. The molecule has 1 amide bonds. The summed E-state index contributed by atoms with van der Waals surface area (Å²) >= 11 is 0. The van der Waals surface area contributed by atoms with Gasteiger partial charge in [0.25, 0.3) is 5.91 Å². The Bertz CT molecular complexity index is 967. The second-order valence-corrected chi connectivity index (χ2v) is 5.65. The van der Waals surface area contributed by atoms with Crippen LogP contribution in [0.3, 0.4) is 0 Å². The first kappa shape index (κ1) is 17.5. The van der Waals surface area contributed by atoms with E-state index in [1.54, 1.807) is 0 Å². The van der Waals surface area contributed by atoms with Crippen LogP contribution in [-0.4, -0.2) is 18.5 Å². The van der Waals surface area contributed by atoms with Crippen molar-refractivity contribution in [3.63, 3.8) is 0 Å². The molecular formula is C20H15F2NO3. The molecule has 0 radical (unpaired) electrons. The highest BCUT2D eigenvalue weighted by Crippen LogP contribution is 2.19. The van der Waals surface area contributed by atoms with Crippen molar-refractivity contribution in [1.29, 1.82) is 0 Å². The van der Waals surface area contributed by atoms with Gasteiger partial charge in [0.2, 0.25) is 0 Å². The Kier molecular flexibility index (Phi) is 5.22. The van der Waals surface area contributed by atoms with Crippen LogP contribution in [0.1, 0.15) is 5.56 Å². The molecule has 3 rings (SSSR count). The van der Waals surface area contributed by atoms with E-state index in [-0.39, 0.29) is 12.1 Å². The monoisotopic (exact) mass is 355 g/mol. The summed E-state index contributed by atoms with van der Waals surface area (Å²) < 4.78 is 30.9. The van der Waals surface area contributed by atoms with E-state index >= 15 is 0 Å². The van der Waals surface area contributed by atoms with Gasteiger partial charge >= 0.3 is 5.97 Å². The standard InChI is InChI=1S/C20H15F2NO3/c21-17-9-8-15(11-18(17)22)23-19(24)12-26-20(25)10-14-6-3-5-13-4-1-2-7-16(13)14/h1-9,11H,10,12H2,(H,23,24). The van der Waals surface area contributed by atoms with E-state index in [9.17, 15) is 18.4 Å². The van der Waals surface area contributed by atoms with Crippen LogP contribution >= 0.6 is 0 Å². The highest BCUT2D eigenvalue weighted by atomic mass is 19.2. The smallest absolute Gasteiger partial charge is 0.310 e. The zero-order chi connectivity index (χ0) is 18.5. The number of fused-ring (bicyclic) bond motifs is 1. The minimum Gasteiger partial charge on any atom is -0.455 e. The van der Waals surface area contributed by atoms with Crippen LogP contribution in [0.5, 0.6) is 0 Å². The number of anilines is 1. The molecule has 0 aliphatic rings. The first-order chi connectivity index (χ1) is 12.5. The van der Waals surface area contributed by atoms with Gasteiger partial charge < -0.3 is 10.1 Å². The Morgan fingerprint density at radius 3 is 2.50 bits per heavy atom. The molecule has 0 atom stereocenters. The number of rotatable bonds is 5. The maximum Gasteiger partial charge on any atom is 0.310 e. The van der Waals surface area contributed by atoms with Gasteiger partial charge in [-0.1, -0.05) is 42.5 Å². The topological polar surface area (TPSA) is 55.4 Å². The van der Waals surface area contributed by atoms with Crippen LogP contribution in [-0.2, 0) is 20.7 Å². The maximum absolute atomic E-state index is 13.1. The lowest BCUT2D eigenvalue weighted by Gasteiger charge is -2.08. The first-order valence-electron chi connectivity index (χ1n) is 7.90. The van der Waals surface area contributed by atoms with Gasteiger partial charge in [-0.05, 0) is 28.5 Å². The highest BCUT2D eigenvalue weighted by molar-refractivity contribution is 5.93. The molecule has 1 N–H and O–H groups in total. The maximum atomic E-state index is 13.1. The fraction of sp³-hybridized carbons (Fsp3) is 0.100. The lowest BCUT2D eigenvalue weighted by Crippen LogP contribution is -2.21. The van der Waals surface area contributed by atoms with Gasteiger partial charge in [0.05, 0.1) is 6.42 Å². The molecule has 0 aromatic heterocycles. The predicted molar refractivity (Wildman–Crippen MR) is 93.6 cm³/mol. The van der Waals surface area contributed by atoms with Crippen LogP contribution in [0.4, 0.5) is 14.5 Å². The molecule has 0 saturated heterocycles. The van der Waals surface area contributed by atoms with Crippen LogP contribution in [0.25, 0.3) is 10.8 Å². The van der Waals surface area contributed by atoms with Crippen LogP contribution in [0.2, 0.25) is 0 Å². The third kappa shape index (κ3) is 4.22. The molecular weight excluding hydrogens is 340 g/mol. The van der Waals surface area contributed by atoms with Gasteiger partial charge in [0, 0.05) is 11.8 Å². The molecule has 0 fully saturated rings. The van der Waals surface area contributed by atoms with Crippen molar-refractivity contribution in [2.45, 2.75) is 6.42 Å². The summed E-state index contributed by atoms with van der Waals surface area (Å²) in [5, 5.41) is 4.29. The summed E-state index contributed by atoms with van der Waals surface area (Å²) in [4.78, 5) is 23.8. The zero-order valence-corrected chi connectivity index (χ0v) is 13.7. The van der Waals surface area contributed by atoms with Crippen LogP contribution < -0.4 is 5.32 Å². The molecule has 0 spiro atoms. The quantitative estimate of drug-likeness (QED) is 0.708. The molecule has 4 nitrogen and oxygen atoms in total. The van der Waals surface area contributed by atoms with E-state index in [0.29, 0.717) is 0 Å². The summed E-state index contributed by atoms with van der Waals surface area (Å²) in [5.41, 5.74) is 0.883. The molecule has 0 bridgehead atoms. The van der Waals surface area contributed by atoms with Gasteiger partial charge in [0.1, 0.15) is 0 Å². The van der Waals surface area contributed by atoms with Crippen molar-refractivity contribution >= 4 is 28.3 Å². The number of carbonyl (C=O) groups is 2. The van der Waals surface area contributed by atoms with Crippen molar-refractivity contribution in [2.24, 2.45) is 0 Å². The molecule has 0 saturated carbocycles. The normalized spacial score (nSPS) is 10.5. The van der Waals surface area contributed by atoms with Gasteiger partial charge in [-0.15, -0.1) is 0 Å². The number of esters is 1. The summed E-state index contributed by atoms with van der Waals surface area (Å²) in [6.45, 7) is -0.511. The second-order valence-electron chi connectivity index (χ2n) is 5.65. The van der Waals surface area contributed by atoms with Crippen molar-refractivity contribution in [1.82, 2.24) is 0 Å². The van der Waals surface area contributed by atoms with E-state index in [4.69, 9.17) is 4.74 Å². The Hall–Kier alpha value is -3.28. The number of hydrogen-bond acceptors (Lipinski definition) is 3. The highest BCUT2D eigenvalue weighted by Gasteiger charge is 2.11. The van der Waals surface area contributed by atoms with Crippen LogP contribution in [0, 0.1) is 11.6 Å². The Morgan fingerprint density at radius 2 is 1.69 bits per heavy atom. The zero-order valence-electron chi connectivity index (χ0n) is 13.7. The van der Waals surface area contributed by atoms with Gasteiger partial charge in [-0.3, -0.25) is 9.59 Å². The number of nitrogens with one attached hydrogen (secondary N) is 1. The molecule has 26 heavy (non-hydrogen) atoms. The Balaban J connectivity index is 1.56. The van der Waals surface area contributed by atoms with E-state index < -0.39 is 30.1 Å². The second kappa shape index (κ2) is 7.74. The number of amides is 1. The SMILES string of the molecule is O=C(COC(=O)Cc1cccc2ccccc12)Nc1ccc(F)c(F)c1. The minimum absolute atomic E-state index is 0.0276. The number of hydrogen-bond donors (Lipinski definition) is 1. The number of ether oxygens (including phenoxy) is 1. The van der Waals surface area contributed by atoms with Crippen LogP contribution in [0.15, 0.2) is 60.7 Å².